The molecule has 3 N–H and O–H groups in total. The molecule has 0 spiro atoms. The Morgan fingerprint density at radius 2 is 1.86 bits per heavy atom. The summed E-state index contributed by atoms with van der Waals surface area (Å²) in [6, 6.07) is 2.11. The number of nitrogens with two attached hydrogens (primary N) is 1. The van der Waals surface area contributed by atoms with Gasteiger partial charge in [-0.15, -0.1) is 0 Å². The normalized spacial score (nSPS) is 29.8. The van der Waals surface area contributed by atoms with Crippen molar-refractivity contribution in [3.05, 3.63) is 23.5 Å². The van der Waals surface area contributed by atoms with E-state index >= 15 is 0 Å². The van der Waals surface area contributed by atoms with Crippen LogP contribution in [0.5, 0.6) is 0 Å². The lowest BCUT2D eigenvalue weighted by Crippen LogP contribution is -2.48. The third kappa shape index (κ3) is 2.33. The molecular weight excluding hydrogens is 295 g/mol. The summed E-state index contributed by atoms with van der Waals surface area (Å²) in [5.74, 6) is -0.741. The van der Waals surface area contributed by atoms with Crippen molar-refractivity contribution >= 4 is 15.7 Å². The molecule has 1 aromatic carbocycles. The second-order valence-corrected chi connectivity index (χ2v) is 7.81. The van der Waals surface area contributed by atoms with E-state index in [1.807, 2.05) is 0 Å². The van der Waals surface area contributed by atoms with E-state index in [9.17, 15) is 17.9 Å². The van der Waals surface area contributed by atoms with Gasteiger partial charge in [0.25, 0.3) is 0 Å². The molecule has 0 radical (unpaired) electrons. The maximum atomic E-state index is 14.3. The molecule has 2 aliphatic rings. The third-order valence-corrected chi connectivity index (χ3v) is 6.44. The highest BCUT2D eigenvalue weighted by molar-refractivity contribution is 7.89. The molecule has 21 heavy (non-hydrogen) atoms. The molecule has 3 rings (SSSR count). The summed E-state index contributed by atoms with van der Waals surface area (Å²) in [6.07, 6.45) is 1.78. The van der Waals surface area contributed by atoms with Crippen molar-refractivity contribution < 1.29 is 17.9 Å². The van der Waals surface area contributed by atoms with Crippen molar-refractivity contribution in [1.82, 2.24) is 4.31 Å². The first-order valence-corrected chi connectivity index (χ1v) is 8.52. The molecule has 2 bridgehead atoms. The smallest absolute Gasteiger partial charge is 0.246 e. The van der Waals surface area contributed by atoms with Crippen LogP contribution in [0.2, 0.25) is 0 Å². The Morgan fingerprint density at radius 3 is 2.43 bits per heavy atom. The fourth-order valence-electron chi connectivity index (χ4n) is 3.56. The lowest BCUT2D eigenvalue weighted by Gasteiger charge is -2.36. The van der Waals surface area contributed by atoms with Crippen LogP contribution in [0.25, 0.3) is 0 Å². The van der Waals surface area contributed by atoms with Gasteiger partial charge >= 0.3 is 0 Å². The number of benzene rings is 1. The first-order valence-electron chi connectivity index (χ1n) is 7.08. The molecule has 2 atom stereocenters. The van der Waals surface area contributed by atoms with E-state index in [0.29, 0.717) is 25.7 Å². The number of aliphatic hydroxyl groups is 1. The standard InChI is InChI=1S/C14H19FN2O3S/c1-8-4-9(16)5-13(14(8)15)21(19,20)17-10-2-3-11(17)7-12(18)6-10/h4-5,10-12,18H,2-3,6-7,16H2,1H3. The maximum absolute atomic E-state index is 14.3. The highest BCUT2D eigenvalue weighted by Crippen LogP contribution is 2.40. The summed E-state index contributed by atoms with van der Waals surface area (Å²) in [4.78, 5) is -0.353. The lowest BCUT2D eigenvalue weighted by molar-refractivity contribution is 0.0768. The van der Waals surface area contributed by atoms with Gasteiger partial charge in [-0.3, -0.25) is 0 Å². The molecule has 2 saturated heterocycles. The van der Waals surface area contributed by atoms with Crippen LogP contribution in [0.3, 0.4) is 0 Å². The number of halogens is 1. The summed E-state index contributed by atoms with van der Waals surface area (Å²) in [6.45, 7) is 1.50. The fraction of sp³-hybridized carbons (Fsp3) is 0.571. The number of sulfonamides is 1. The molecule has 7 heteroatoms. The number of rotatable bonds is 2. The largest absolute Gasteiger partial charge is 0.399 e. The molecule has 0 aliphatic carbocycles. The number of aryl methyl sites for hydroxylation is 1. The molecule has 2 fully saturated rings. The Labute approximate surface area is 123 Å². The highest BCUT2D eigenvalue weighted by atomic mass is 32.2. The van der Waals surface area contributed by atoms with Gasteiger partial charge in [-0.05, 0) is 50.3 Å². The van der Waals surface area contributed by atoms with Crippen LogP contribution in [-0.4, -0.2) is 36.0 Å². The van der Waals surface area contributed by atoms with E-state index < -0.39 is 21.9 Å². The van der Waals surface area contributed by atoms with E-state index in [1.165, 1.54) is 23.4 Å². The third-order valence-electron chi connectivity index (χ3n) is 4.44. The van der Waals surface area contributed by atoms with Gasteiger partial charge in [-0.2, -0.15) is 4.31 Å². The van der Waals surface area contributed by atoms with Crippen LogP contribution in [0.4, 0.5) is 10.1 Å². The predicted molar refractivity (Wildman–Crippen MR) is 76.6 cm³/mol. The van der Waals surface area contributed by atoms with E-state index in [0.717, 1.165) is 0 Å². The van der Waals surface area contributed by atoms with Gasteiger partial charge in [0, 0.05) is 17.8 Å². The van der Waals surface area contributed by atoms with Gasteiger partial charge in [0.2, 0.25) is 10.0 Å². The fourth-order valence-corrected chi connectivity index (χ4v) is 5.63. The Morgan fingerprint density at radius 1 is 1.29 bits per heavy atom. The molecule has 0 amide bonds. The van der Waals surface area contributed by atoms with E-state index in [4.69, 9.17) is 5.73 Å². The first-order chi connectivity index (χ1) is 9.80. The zero-order chi connectivity index (χ0) is 15.4. The molecule has 2 aliphatic heterocycles. The number of piperidine rings is 1. The van der Waals surface area contributed by atoms with Crippen LogP contribution in [0.15, 0.2) is 17.0 Å². The summed E-state index contributed by atoms with van der Waals surface area (Å²) in [5, 5.41) is 9.77. The molecule has 0 aromatic heterocycles. The monoisotopic (exact) mass is 314 g/mol. The number of anilines is 1. The zero-order valence-corrected chi connectivity index (χ0v) is 12.6. The van der Waals surface area contributed by atoms with Crippen molar-refractivity contribution in [3.63, 3.8) is 0 Å². The van der Waals surface area contributed by atoms with Gasteiger partial charge in [-0.25, -0.2) is 12.8 Å². The minimum absolute atomic E-state index is 0.220. The number of fused-ring (bicyclic) bond motifs is 2. The van der Waals surface area contributed by atoms with Crippen LogP contribution in [-0.2, 0) is 10.0 Å². The molecule has 0 saturated carbocycles. The van der Waals surface area contributed by atoms with E-state index in [-0.39, 0.29) is 28.2 Å². The Balaban J connectivity index is 2.06. The SMILES string of the molecule is Cc1cc(N)cc(S(=O)(=O)N2C3CCC2CC(O)C3)c1F. The van der Waals surface area contributed by atoms with Gasteiger partial charge in [0.05, 0.1) is 6.10 Å². The van der Waals surface area contributed by atoms with Gasteiger partial charge in [0.15, 0.2) is 0 Å². The molecule has 2 unspecified atom stereocenters. The molecule has 2 heterocycles. The number of nitrogen functional groups attached to an aromatic ring is 1. The first kappa shape index (κ1) is 14.7. The van der Waals surface area contributed by atoms with Crippen LogP contribution in [0, 0.1) is 12.7 Å². The van der Waals surface area contributed by atoms with Crippen molar-refractivity contribution in [2.45, 2.75) is 55.7 Å². The van der Waals surface area contributed by atoms with Crippen LogP contribution < -0.4 is 5.73 Å². The topological polar surface area (TPSA) is 83.6 Å². The lowest BCUT2D eigenvalue weighted by atomic mass is 10.0. The molecule has 5 nitrogen and oxygen atoms in total. The summed E-state index contributed by atoms with van der Waals surface area (Å²) < 4.78 is 41.3. The van der Waals surface area contributed by atoms with Gasteiger partial charge < -0.3 is 10.8 Å². The number of hydrogen-bond acceptors (Lipinski definition) is 4. The average molecular weight is 314 g/mol. The zero-order valence-electron chi connectivity index (χ0n) is 11.8. The van der Waals surface area contributed by atoms with Gasteiger partial charge in [-0.1, -0.05) is 0 Å². The number of hydrogen-bond donors (Lipinski definition) is 2. The number of aliphatic hydroxyl groups excluding tert-OH is 1. The molecule has 1 aromatic rings. The van der Waals surface area contributed by atoms with Crippen molar-refractivity contribution in [3.8, 4) is 0 Å². The minimum Gasteiger partial charge on any atom is -0.399 e. The Bertz CT molecular complexity index is 663. The second-order valence-electron chi connectivity index (χ2n) is 6.00. The molecular formula is C14H19FN2O3S. The van der Waals surface area contributed by atoms with Crippen molar-refractivity contribution in [1.29, 1.82) is 0 Å². The molecule has 116 valence electrons. The summed E-state index contributed by atoms with van der Waals surface area (Å²) in [7, 11) is -3.93. The van der Waals surface area contributed by atoms with Crippen molar-refractivity contribution in [2.75, 3.05) is 5.73 Å². The minimum atomic E-state index is -3.93. The Hall–Kier alpha value is -1.18. The van der Waals surface area contributed by atoms with Crippen LogP contribution in [0.1, 0.15) is 31.2 Å². The van der Waals surface area contributed by atoms with E-state index in [2.05, 4.69) is 0 Å². The summed E-state index contributed by atoms with van der Waals surface area (Å²) >= 11 is 0. The quantitative estimate of drug-likeness (QED) is 0.808. The van der Waals surface area contributed by atoms with Crippen molar-refractivity contribution in [2.24, 2.45) is 0 Å². The van der Waals surface area contributed by atoms with Gasteiger partial charge in [0.1, 0.15) is 10.7 Å². The highest BCUT2D eigenvalue weighted by Gasteiger charge is 2.47. The Kier molecular flexibility index (Phi) is 3.46. The van der Waals surface area contributed by atoms with Crippen LogP contribution >= 0.6 is 0 Å². The maximum Gasteiger partial charge on any atom is 0.246 e. The van der Waals surface area contributed by atoms with E-state index in [1.54, 1.807) is 0 Å². The average Bonchev–Trinajstić information content (AvgIpc) is 2.67. The summed E-state index contributed by atoms with van der Waals surface area (Å²) in [5.41, 5.74) is 6.13. The predicted octanol–water partition coefficient (Wildman–Crippen LogP) is 1.39. The second kappa shape index (κ2) is 4.93. The number of nitrogens with zero attached hydrogens (tertiary/aromatic N) is 1.